The number of nitrogens with one attached hydrogen (secondary N) is 2. The molecule has 3 aromatic rings. The molecule has 1 amide bonds. The molecule has 3 heterocycles. The Morgan fingerprint density at radius 3 is 2.70 bits per heavy atom. The maximum absolute atomic E-state index is 14.1. The van der Waals surface area contributed by atoms with E-state index in [0.29, 0.717) is 34.3 Å². The monoisotopic (exact) mass is 563 g/mol. The number of hydrogen-bond acceptors (Lipinski definition) is 7. The first kappa shape index (κ1) is 27.8. The lowest BCUT2D eigenvalue weighted by atomic mass is 9.93. The Balaban J connectivity index is 1.12. The molecule has 2 N–H and O–H groups in total. The van der Waals surface area contributed by atoms with Crippen molar-refractivity contribution in [2.45, 2.75) is 37.9 Å². The molecule has 8 nitrogen and oxygen atoms in total. The van der Waals surface area contributed by atoms with Gasteiger partial charge in [-0.2, -0.15) is 5.26 Å². The molecule has 2 aromatic carbocycles. The first-order valence-electron chi connectivity index (χ1n) is 13.4. The van der Waals surface area contributed by atoms with Crippen LogP contribution in [0.4, 0.5) is 15.8 Å². The van der Waals surface area contributed by atoms with Crippen molar-refractivity contribution in [3.8, 4) is 11.9 Å². The first-order chi connectivity index (χ1) is 19.5. The van der Waals surface area contributed by atoms with Gasteiger partial charge in [0.15, 0.2) is 0 Å². The van der Waals surface area contributed by atoms with E-state index in [0.717, 1.165) is 50.3 Å². The Labute approximate surface area is 238 Å². The van der Waals surface area contributed by atoms with Gasteiger partial charge in [-0.15, -0.1) is 0 Å². The van der Waals surface area contributed by atoms with Crippen LogP contribution < -0.4 is 15.4 Å². The molecule has 0 aliphatic carbocycles. The molecular weight excluding hydrogens is 533 g/mol. The van der Waals surface area contributed by atoms with Crippen LogP contribution in [-0.4, -0.2) is 54.7 Å². The van der Waals surface area contributed by atoms with Crippen molar-refractivity contribution in [2.24, 2.45) is 0 Å². The number of ether oxygens (including phenoxy) is 2. The molecule has 1 atom stereocenters. The summed E-state index contributed by atoms with van der Waals surface area (Å²) in [4.78, 5) is 19.7. The van der Waals surface area contributed by atoms with Gasteiger partial charge in [0.1, 0.15) is 12.4 Å². The fourth-order valence-corrected chi connectivity index (χ4v) is 5.01. The Morgan fingerprint density at radius 2 is 1.98 bits per heavy atom. The summed E-state index contributed by atoms with van der Waals surface area (Å²) >= 11 is 5.82. The number of benzene rings is 2. The van der Waals surface area contributed by atoms with E-state index < -0.39 is 5.82 Å². The third-order valence-corrected chi connectivity index (χ3v) is 7.48. The fourth-order valence-electron chi connectivity index (χ4n) is 4.85. The van der Waals surface area contributed by atoms with Gasteiger partial charge in [-0.05, 0) is 68.8 Å². The number of nitrogens with zero attached hydrogens (tertiary/aromatic N) is 3. The van der Waals surface area contributed by atoms with Gasteiger partial charge in [-0.1, -0.05) is 23.7 Å². The summed E-state index contributed by atoms with van der Waals surface area (Å²) in [7, 11) is 0. The molecule has 2 fully saturated rings. The highest BCUT2D eigenvalue weighted by molar-refractivity contribution is 6.30. The van der Waals surface area contributed by atoms with Crippen LogP contribution in [0.25, 0.3) is 0 Å². The molecule has 0 radical (unpaired) electrons. The predicted molar refractivity (Wildman–Crippen MR) is 151 cm³/mol. The van der Waals surface area contributed by atoms with Crippen molar-refractivity contribution in [1.82, 2.24) is 9.88 Å². The van der Waals surface area contributed by atoms with Crippen LogP contribution >= 0.6 is 11.6 Å². The topological polar surface area (TPSA) is 99.5 Å². The largest absolute Gasteiger partial charge is 0.473 e. The molecule has 0 saturated carbocycles. The molecule has 5 rings (SSSR count). The second-order valence-electron chi connectivity index (χ2n) is 10.1. The standard InChI is InChI=1S/C30H31ClFN5O3/c31-23-6-5-22(25(32)15-23)19-40-30-3-1-2-26(36-30)21-8-11-37(12-9-21)18-29(38)35-28-14-20(16-33)4-7-27(28)34-17-24-10-13-39-24/h1-7,14-15,21,24,34H,8-13,17-19H2,(H,35,38). The maximum Gasteiger partial charge on any atom is 0.238 e. The van der Waals surface area contributed by atoms with E-state index in [1.165, 1.54) is 6.07 Å². The number of hydrogen-bond donors (Lipinski definition) is 2. The molecule has 10 heteroatoms. The van der Waals surface area contributed by atoms with Crippen LogP contribution in [0.3, 0.4) is 0 Å². The SMILES string of the molecule is N#Cc1ccc(NCC2CCO2)c(NC(=O)CN2CCC(c3cccc(OCc4ccc(Cl)cc4F)n3)CC2)c1. The number of rotatable bonds is 10. The van der Waals surface area contributed by atoms with Crippen LogP contribution in [0.5, 0.6) is 5.88 Å². The first-order valence-corrected chi connectivity index (χ1v) is 13.8. The zero-order valence-electron chi connectivity index (χ0n) is 22.0. The van der Waals surface area contributed by atoms with Crippen molar-refractivity contribution in [3.05, 3.63) is 82.3 Å². The van der Waals surface area contributed by atoms with E-state index >= 15 is 0 Å². The summed E-state index contributed by atoms with van der Waals surface area (Å²) < 4.78 is 25.3. The van der Waals surface area contributed by atoms with Crippen LogP contribution in [0, 0.1) is 17.1 Å². The number of halogens is 2. The number of amides is 1. The van der Waals surface area contributed by atoms with E-state index in [1.54, 1.807) is 30.3 Å². The lowest BCUT2D eigenvalue weighted by molar-refractivity contribution is -0.117. The number of anilines is 2. The van der Waals surface area contributed by atoms with Crippen LogP contribution in [-0.2, 0) is 16.1 Å². The zero-order chi connectivity index (χ0) is 27.9. The maximum atomic E-state index is 14.1. The van der Waals surface area contributed by atoms with Gasteiger partial charge in [-0.25, -0.2) is 9.37 Å². The molecule has 2 aliphatic rings. The summed E-state index contributed by atoms with van der Waals surface area (Å²) in [5, 5.41) is 16.0. The second kappa shape index (κ2) is 13.1. The molecule has 1 unspecified atom stereocenters. The molecule has 2 aliphatic heterocycles. The van der Waals surface area contributed by atoms with Crippen LogP contribution in [0.1, 0.15) is 42.0 Å². The highest BCUT2D eigenvalue weighted by Crippen LogP contribution is 2.29. The molecular formula is C30H31ClFN5O3. The molecule has 0 spiro atoms. The lowest BCUT2D eigenvalue weighted by Gasteiger charge is -2.31. The van der Waals surface area contributed by atoms with Gasteiger partial charge in [0, 0.05) is 41.4 Å². The molecule has 208 valence electrons. The number of aromatic nitrogens is 1. The predicted octanol–water partition coefficient (Wildman–Crippen LogP) is 5.34. The number of nitriles is 1. The fraction of sp³-hybridized carbons (Fsp3) is 0.367. The van der Waals surface area contributed by atoms with Crippen molar-refractivity contribution in [2.75, 3.05) is 43.4 Å². The van der Waals surface area contributed by atoms with Gasteiger partial charge >= 0.3 is 0 Å². The number of likely N-dealkylation sites (tertiary alicyclic amines) is 1. The number of carbonyl (C=O) groups is 1. The normalized spacial score (nSPS) is 17.5. The lowest BCUT2D eigenvalue weighted by Crippen LogP contribution is -2.39. The summed E-state index contributed by atoms with van der Waals surface area (Å²) in [6, 6.07) is 17.5. The third kappa shape index (κ3) is 7.27. The summed E-state index contributed by atoms with van der Waals surface area (Å²) in [6.07, 6.45) is 2.90. The Bertz CT molecular complexity index is 1390. The van der Waals surface area contributed by atoms with E-state index in [1.807, 2.05) is 18.2 Å². The molecule has 0 bridgehead atoms. The van der Waals surface area contributed by atoms with Gasteiger partial charge in [-0.3, -0.25) is 9.69 Å². The highest BCUT2D eigenvalue weighted by atomic mass is 35.5. The average Bonchev–Trinajstić information content (AvgIpc) is 2.93. The van der Waals surface area contributed by atoms with Gasteiger partial charge in [0.05, 0.1) is 35.7 Å². The Hall–Kier alpha value is -3.71. The number of piperidine rings is 1. The van der Waals surface area contributed by atoms with E-state index in [-0.39, 0.29) is 31.1 Å². The van der Waals surface area contributed by atoms with Crippen LogP contribution in [0.15, 0.2) is 54.6 Å². The summed E-state index contributed by atoms with van der Waals surface area (Å²) in [5.74, 6) is 0.154. The van der Waals surface area contributed by atoms with Gasteiger partial charge < -0.3 is 20.1 Å². The van der Waals surface area contributed by atoms with E-state index in [9.17, 15) is 14.4 Å². The minimum absolute atomic E-state index is 0.0654. The third-order valence-electron chi connectivity index (χ3n) is 7.25. The number of pyridine rings is 1. The molecule has 1 aromatic heterocycles. The summed E-state index contributed by atoms with van der Waals surface area (Å²) in [6.45, 7) is 3.27. The molecule has 2 saturated heterocycles. The Kier molecular flexibility index (Phi) is 9.12. The van der Waals surface area contributed by atoms with Gasteiger partial charge in [0.2, 0.25) is 11.8 Å². The smallest absolute Gasteiger partial charge is 0.238 e. The zero-order valence-corrected chi connectivity index (χ0v) is 22.8. The Morgan fingerprint density at radius 1 is 1.15 bits per heavy atom. The number of carbonyl (C=O) groups excluding carboxylic acids is 1. The van der Waals surface area contributed by atoms with E-state index in [4.69, 9.17) is 21.1 Å². The van der Waals surface area contributed by atoms with Crippen molar-refractivity contribution in [1.29, 1.82) is 5.26 Å². The highest BCUT2D eigenvalue weighted by Gasteiger charge is 2.24. The summed E-state index contributed by atoms with van der Waals surface area (Å²) in [5.41, 5.74) is 3.19. The minimum atomic E-state index is -0.409. The average molecular weight is 564 g/mol. The molecule has 40 heavy (non-hydrogen) atoms. The van der Waals surface area contributed by atoms with Crippen molar-refractivity contribution in [3.63, 3.8) is 0 Å². The van der Waals surface area contributed by atoms with Crippen molar-refractivity contribution < 1.29 is 18.7 Å². The van der Waals surface area contributed by atoms with Crippen LogP contribution in [0.2, 0.25) is 5.02 Å². The quantitative estimate of drug-likeness (QED) is 0.343. The van der Waals surface area contributed by atoms with Crippen molar-refractivity contribution >= 4 is 28.9 Å². The minimum Gasteiger partial charge on any atom is -0.473 e. The second-order valence-corrected chi connectivity index (χ2v) is 10.5. The van der Waals surface area contributed by atoms with E-state index in [2.05, 4.69) is 26.6 Å². The van der Waals surface area contributed by atoms with Gasteiger partial charge in [0.25, 0.3) is 0 Å².